The number of rotatable bonds is 6. The van der Waals surface area contributed by atoms with Crippen LogP contribution in [0.2, 0.25) is 0 Å². The molecule has 0 amide bonds. The Labute approximate surface area is 200 Å². The summed E-state index contributed by atoms with van der Waals surface area (Å²) in [6, 6.07) is 19.4. The average molecular weight is 454 g/mol. The molecule has 1 unspecified atom stereocenters. The maximum Gasteiger partial charge on any atom is 0.153 e. The highest BCUT2D eigenvalue weighted by molar-refractivity contribution is 6.10. The molecule has 4 nitrogen and oxygen atoms in total. The van der Waals surface area contributed by atoms with Crippen LogP contribution in [0.25, 0.3) is 21.7 Å². The highest BCUT2D eigenvalue weighted by Crippen LogP contribution is 2.51. The highest BCUT2D eigenvalue weighted by atomic mass is 16.7. The van der Waals surface area contributed by atoms with E-state index in [-0.39, 0.29) is 17.4 Å². The molecule has 1 saturated heterocycles. The van der Waals surface area contributed by atoms with E-state index in [2.05, 4.69) is 87.4 Å². The molecule has 4 heteroatoms. The van der Waals surface area contributed by atoms with Crippen LogP contribution in [-0.2, 0) is 15.0 Å². The largest absolute Gasteiger partial charge is 0.455 e. The van der Waals surface area contributed by atoms with Gasteiger partial charge in [-0.15, -0.1) is 0 Å². The van der Waals surface area contributed by atoms with E-state index in [1.165, 1.54) is 33.0 Å². The molecule has 174 valence electrons. The number of hydrogen-bond donors (Lipinski definition) is 0. The summed E-state index contributed by atoms with van der Waals surface area (Å²) in [5.41, 5.74) is 7.51. The molecule has 1 aliphatic heterocycles. The van der Waals surface area contributed by atoms with Crippen LogP contribution in [0.4, 0.5) is 0 Å². The Kier molecular flexibility index (Phi) is 5.03. The topological polar surface area (TPSA) is 47.3 Å². The molecule has 34 heavy (non-hydrogen) atoms. The van der Waals surface area contributed by atoms with Crippen molar-refractivity contribution in [3.63, 3.8) is 0 Å². The number of ether oxygens (including phenoxy) is 1. The van der Waals surface area contributed by atoms with Gasteiger partial charge in [0.25, 0.3) is 0 Å². The zero-order chi connectivity index (χ0) is 23.4. The van der Waals surface area contributed by atoms with Gasteiger partial charge in [0.1, 0.15) is 24.0 Å². The number of fused-ring (bicyclic) bond motifs is 3. The second kappa shape index (κ2) is 7.99. The predicted molar refractivity (Wildman–Crippen MR) is 137 cm³/mol. The summed E-state index contributed by atoms with van der Waals surface area (Å²) < 4.78 is 11.7. The Morgan fingerprint density at radius 2 is 1.74 bits per heavy atom. The van der Waals surface area contributed by atoms with Crippen LogP contribution in [0.3, 0.4) is 0 Å². The maximum atomic E-state index is 6.36. The molecule has 1 saturated carbocycles. The molecule has 0 radical (unpaired) electrons. The van der Waals surface area contributed by atoms with Crippen molar-refractivity contribution >= 4 is 27.5 Å². The van der Waals surface area contributed by atoms with Gasteiger partial charge in [0.2, 0.25) is 0 Å². The van der Waals surface area contributed by atoms with Crippen molar-refractivity contribution in [2.75, 3.05) is 13.2 Å². The van der Waals surface area contributed by atoms with Crippen molar-refractivity contribution in [2.45, 2.75) is 52.1 Å². The summed E-state index contributed by atoms with van der Waals surface area (Å²) in [5.74, 6) is 1.10. The lowest BCUT2D eigenvalue weighted by molar-refractivity contribution is 0.119. The van der Waals surface area contributed by atoms with Crippen molar-refractivity contribution in [3.05, 3.63) is 82.6 Å². The fraction of sp³-hybridized carbons (Fsp3) is 0.367. The molecule has 1 aliphatic carbocycles. The van der Waals surface area contributed by atoms with Crippen LogP contribution in [-0.4, -0.2) is 25.0 Å². The Morgan fingerprint density at radius 3 is 2.47 bits per heavy atom. The first-order chi connectivity index (χ1) is 16.4. The fourth-order valence-corrected chi connectivity index (χ4v) is 6.15. The molecule has 2 fully saturated rings. The Morgan fingerprint density at radius 1 is 1.00 bits per heavy atom. The molecule has 0 N–H and O–H groups in total. The van der Waals surface area contributed by atoms with Crippen LogP contribution in [0.1, 0.15) is 47.8 Å². The lowest BCUT2D eigenvalue weighted by Gasteiger charge is -2.47. The SMILES string of the molecule is Cc1cc(C)c(C2(C)CC(C(=NOCC3CO3)c3cc4c(ccc5ccccc54)o3)C2)c(C)c1. The van der Waals surface area contributed by atoms with E-state index in [9.17, 15) is 0 Å². The molecule has 4 aromatic rings. The van der Waals surface area contributed by atoms with E-state index in [1.54, 1.807) is 0 Å². The summed E-state index contributed by atoms with van der Waals surface area (Å²) in [7, 11) is 0. The minimum Gasteiger partial charge on any atom is -0.455 e. The Bertz CT molecular complexity index is 1400. The first-order valence-corrected chi connectivity index (χ1v) is 12.2. The summed E-state index contributed by atoms with van der Waals surface area (Å²) in [5, 5.41) is 8.17. The summed E-state index contributed by atoms with van der Waals surface area (Å²) >= 11 is 0. The number of furan rings is 1. The van der Waals surface area contributed by atoms with Gasteiger partial charge in [-0.2, -0.15) is 0 Å². The van der Waals surface area contributed by atoms with Gasteiger partial charge in [0.15, 0.2) is 5.76 Å². The van der Waals surface area contributed by atoms with Crippen LogP contribution in [0.5, 0.6) is 0 Å². The van der Waals surface area contributed by atoms with E-state index in [1.807, 2.05) is 0 Å². The van der Waals surface area contributed by atoms with E-state index in [4.69, 9.17) is 14.0 Å². The van der Waals surface area contributed by atoms with E-state index in [0.717, 1.165) is 41.9 Å². The standard InChI is InChI=1S/C30H31NO3/c1-18-11-19(2)28(20(3)12-18)30(4)14-22(15-30)29(31-33-17-23-16-32-23)27-13-25-24-8-6-5-7-21(24)9-10-26(25)34-27/h5-13,22-23H,14-17H2,1-4H3. The number of oxime groups is 1. The monoisotopic (exact) mass is 453 g/mol. The molecule has 2 heterocycles. The van der Waals surface area contributed by atoms with Crippen molar-refractivity contribution in [1.82, 2.24) is 0 Å². The molecule has 0 spiro atoms. The number of benzene rings is 3. The minimum atomic E-state index is 0.131. The normalized spacial score (nSPS) is 24.4. The van der Waals surface area contributed by atoms with Gasteiger partial charge in [0, 0.05) is 11.3 Å². The lowest BCUT2D eigenvalue weighted by Crippen LogP contribution is -2.43. The first kappa shape index (κ1) is 21.4. The molecule has 6 rings (SSSR count). The number of epoxide rings is 1. The molecule has 0 bridgehead atoms. The average Bonchev–Trinajstić information content (AvgIpc) is 3.50. The summed E-state index contributed by atoms with van der Waals surface area (Å²) in [6.45, 7) is 10.3. The van der Waals surface area contributed by atoms with Gasteiger partial charge < -0.3 is 14.0 Å². The minimum absolute atomic E-state index is 0.131. The van der Waals surface area contributed by atoms with Crippen LogP contribution < -0.4 is 0 Å². The number of aryl methyl sites for hydroxylation is 3. The van der Waals surface area contributed by atoms with Gasteiger partial charge in [-0.1, -0.05) is 60.1 Å². The fourth-order valence-electron chi connectivity index (χ4n) is 6.15. The molecular weight excluding hydrogens is 422 g/mol. The quantitative estimate of drug-likeness (QED) is 0.179. The maximum absolute atomic E-state index is 6.36. The Balaban J connectivity index is 1.35. The van der Waals surface area contributed by atoms with Gasteiger partial charge in [0.05, 0.1) is 6.61 Å². The lowest BCUT2D eigenvalue weighted by atomic mass is 9.57. The van der Waals surface area contributed by atoms with Crippen LogP contribution >= 0.6 is 0 Å². The zero-order valence-electron chi connectivity index (χ0n) is 20.4. The number of nitrogens with zero attached hydrogens (tertiary/aromatic N) is 1. The second-order valence-corrected chi connectivity index (χ2v) is 10.5. The van der Waals surface area contributed by atoms with Crippen molar-refractivity contribution in [2.24, 2.45) is 11.1 Å². The highest BCUT2D eigenvalue weighted by Gasteiger charge is 2.46. The molecule has 2 aliphatic rings. The third kappa shape index (κ3) is 3.70. The first-order valence-electron chi connectivity index (χ1n) is 12.2. The van der Waals surface area contributed by atoms with Gasteiger partial charge in [-0.25, -0.2) is 0 Å². The molecule has 1 aromatic heterocycles. The summed E-state index contributed by atoms with van der Waals surface area (Å²) in [4.78, 5) is 5.75. The van der Waals surface area contributed by atoms with Crippen molar-refractivity contribution in [1.29, 1.82) is 0 Å². The van der Waals surface area contributed by atoms with Crippen molar-refractivity contribution in [3.8, 4) is 0 Å². The van der Waals surface area contributed by atoms with Crippen LogP contribution in [0.15, 0.2) is 64.2 Å². The van der Waals surface area contributed by atoms with E-state index in [0.29, 0.717) is 6.61 Å². The van der Waals surface area contributed by atoms with Gasteiger partial charge >= 0.3 is 0 Å². The molecular formula is C30H31NO3. The second-order valence-electron chi connectivity index (χ2n) is 10.5. The van der Waals surface area contributed by atoms with Gasteiger partial charge in [-0.3, -0.25) is 0 Å². The number of hydrogen-bond acceptors (Lipinski definition) is 4. The van der Waals surface area contributed by atoms with E-state index < -0.39 is 0 Å². The third-order valence-corrected chi connectivity index (χ3v) is 7.57. The smallest absolute Gasteiger partial charge is 0.153 e. The zero-order valence-corrected chi connectivity index (χ0v) is 20.4. The van der Waals surface area contributed by atoms with Crippen LogP contribution in [0, 0.1) is 26.7 Å². The van der Waals surface area contributed by atoms with Gasteiger partial charge in [-0.05, 0) is 78.6 Å². The van der Waals surface area contributed by atoms with E-state index >= 15 is 0 Å². The molecule has 1 atom stereocenters. The van der Waals surface area contributed by atoms with Crippen molar-refractivity contribution < 1.29 is 14.0 Å². The predicted octanol–water partition coefficient (Wildman–Crippen LogP) is 7.00. The third-order valence-electron chi connectivity index (χ3n) is 7.57. The molecule has 3 aromatic carbocycles. The Hall–Kier alpha value is -3.11. The summed E-state index contributed by atoms with van der Waals surface area (Å²) in [6.07, 6.45) is 2.23.